The van der Waals surface area contributed by atoms with Crippen molar-refractivity contribution in [3.8, 4) is 0 Å². The van der Waals surface area contributed by atoms with Crippen molar-refractivity contribution in [1.82, 2.24) is 9.80 Å². The normalized spacial score (nSPS) is 26.4. The lowest BCUT2D eigenvalue weighted by atomic mass is 10.3. The number of carbonyl (C=O) groups is 4. The minimum atomic E-state index is -0.951. The highest BCUT2D eigenvalue weighted by Crippen LogP contribution is 2.26. The summed E-state index contributed by atoms with van der Waals surface area (Å²) in [4.78, 5) is 49.0. The molecular formula is C12H15FN2O4S2. The van der Waals surface area contributed by atoms with Crippen LogP contribution >= 0.6 is 23.9 Å². The SMILES string of the molecule is CSC1CC(=O)N(CCCN2C(=O)CC(SF)C2=O)C1=O. The molecule has 0 spiro atoms. The predicted molar refractivity (Wildman–Crippen MR) is 77.1 cm³/mol. The van der Waals surface area contributed by atoms with Crippen molar-refractivity contribution >= 4 is 47.5 Å². The van der Waals surface area contributed by atoms with E-state index in [0.717, 1.165) is 4.90 Å². The van der Waals surface area contributed by atoms with Gasteiger partial charge in [-0.05, 0) is 12.7 Å². The van der Waals surface area contributed by atoms with Crippen LogP contribution in [0.25, 0.3) is 0 Å². The Bertz CT molecular complexity index is 446. The lowest BCUT2D eigenvalue weighted by Crippen LogP contribution is -2.37. The van der Waals surface area contributed by atoms with Gasteiger partial charge in [-0.2, -0.15) is 15.6 Å². The number of rotatable bonds is 6. The van der Waals surface area contributed by atoms with Gasteiger partial charge in [0.25, 0.3) is 0 Å². The first-order valence-electron chi connectivity index (χ1n) is 6.48. The highest BCUT2D eigenvalue weighted by Gasteiger charge is 2.40. The van der Waals surface area contributed by atoms with Crippen molar-refractivity contribution < 1.29 is 23.1 Å². The molecule has 0 saturated carbocycles. The molecule has 4 amide bonds. The Labute approximate surface area is 130 Å². The Morgan fingerprint density at radius 3 is 1.86 bits per heavy atom. The predicted octanol–water partition coefficient (Wildman–Crippen LogP) is 0.612. The molecule has 0 radical (unpaired) electrons. The summed E-state index contributed by atoms with van der Waals surface area (Å²) < 4.78 is 12.5. The third-order valence-electron chi connectivity index (χ3n) is 3.56. The number of carbonyl (C=O) groups excluding carboxylic acids is 4. The third-order valence-corrected chi connectivity index (χ3v) is 5.08. The zero-order valence-corrected chi connectivity index (χ0v) is 13.0. The third kappa shape index (κ3) is 3.23. The molecule has 2 fully saturated rings. The summed E-state index contributed by atoms with van der Waals surface area (Å²) in [5.41, 5.74) is 0. The fourth-order valence-electron chi connectivity index (χ4n) is 2.42. The molecule has 0 aromatic rings. The summed E-state index contributed by atoms with van der Waals surface area (Å²) in [5, 5.41) is -1.28. The van der Waals surface area contributed by atoms with Crippen LogP contribution in [0.15, 0.2) is 0 Å². The highest BCUT2D eigenvalue weighted by molar-refractivity contribution is 8.00. The number of imide groups is 2. The molecule has 2 aliphatic rings. The van der Waals surface area contributed by atoms with E-state index in [2.05, 4.69) is 0 Å². The van der Waals surface area contributed by atoms with Crippen LogP contribution in [0.4, 0.5) is 3.89 Å². The fourth-order valence-corrected chi connectivity index (χ4v) is 3.46. The quantitative estimate of drug-likeness (QED) is 0.663. The van der Waals surface area contributed by atoms with Crippen LogP contribution in [0.2, 0.25) is 0 Å². The molecular weight excluding hydrogens is 319 g/mol. The van der Waals surface area contributed by atoms with E-state index < -0.39 is 17.1 Å². The van der Waals surface area contributed by atoms with Gasteiger partial charge in [0.2, 0.25) is 23.6 Å². The van der Waals surface area contributed by atoms with Crippen molar-refractivity contribution in [2.24, 2.45) is 0 Å². The van der Waals surface area contributed by atoms with Crippen molar-refractivity contribution in [2.45, 2.75) is 29.8 Å². The smallest absolute Gasteiger partial charge is 0.245 e. The minimum Gasteiger partial charge on any atom is -0.282 e. The summed E-state index contributed by atoms with van der Waals surface area (Å²) in [5.74, 6) is -1.39. The van der Waals surface area contributed by atoms with Gasteiger partial charge in [-0.3, -0.25) is 29.0 Å². The fraction of sp³-hybridized carbons (Fsp3) is 0.667. The van der Waals surface area contributed by atoms with E-state index in [1.165, 1.54) is 16.7 Å². The zero-order valence-electron chi connectivity index (χ0n) is 11.4. The molecule has 2 saturated heterocycles. The molecule has 2 rings (SSSR count). The monoisotopic (exact) mass is 334 g/mol. The molecule has 0 aromatic carbocycles. The van der Waals surface area contributed by atoms with Crippen molar-refractivity contribution in [3.05, 3.63) is 0 Å². The van der Waals surface area contributed by atoms with Gasteiger partial charge < -0.3 is 0 Å². The molecule has 2 unspecified atom stereocenters. The standard InChI is InChI=1S/C12H15FN2O4S2/c1-20-7-5-9(16)14(11(7)18)3-2-4-15-10(17)6-8(21-13)12(15)19/h7-8H,2-6H2,1H3. The Hall–Kier alpha value is -1.09. The van der Waals surface area contributed by atoms with E-state index >= 15 is 0 Å². The van der Waals surface area contributed by atoms with E-state index in [0.29, 0.717) is 6.42 Å². The van der Waals surface area contributed by atoms with Crippen LogP contribution in [-0.4, -0.2) is 63.3 Å². The lowest BCUT2D eigenvalue weighted by molar-refractivity contribution is -0.138. The lowest BCUT2D eigenvalue weighted by Gasteiger charge is -2.18. The maximum Gasteiger partial charge on any atom is 0.245 e. The molecule has 0 N–H and O–H groups in total. The van der Waals surface area contributed by atoms with Crippen LogP contribution in [0.1, 0.15) is 19.3 Å². The molecule has 116 valence electrons. The van der Waals surface area contributed by atoms with E-state index in [1.807, 2.05) is 0 Å². The number of halogens is 1. The molecule has 0 aliphatic carbocycles. The van der Waals surface area contributed by atoms with Gasteiger partial charge in [0, 0.05) is 19.5 Å². The minimum absolute atomic E-state index is 0.107. The molecule has 6 nitrogen and oxygen atoms in total. The summed E-state index contributed by atoms with van der Waals surface area (Å²) >= 11 is 1.21. The van der Waals surface area contributed by atoms with Gasteiger partial charge >= 0.3 is 0 Å². The highest BCUT2D eigenvalue weighted by atomic mass is 32.2. The van der Waals surface area contributed by atoms with Gasteiger partial charge in [-0.1, -0.05) is 0 Å². The molecule has 2 aliphatic heterocycles. The Morgan fingerprint density at radius 2 is 1.48 bits per heavy atom. The molecule has 9 heteroatoms. The second kappa shape index (κ2) is 6.78. The molecule has 0 aromatic heterocycles. The summed E-state index contributed by atoms with van der Waals surface area (Å²) in [6.45, 7) is 0.287. The average molecular weight is 334 g/mol. The Morgan fingerprint density at radius 1 is 1.00 bits per heavy atom. The van der Waals surface area contributed by atoms with Crippen LogP contribution < -0.4 is 0 Å². The maximum absolute atomic E-state index is 12.5. The summed E-state index contributed by atoms with van der Waals surface area (Å²) in [7, 11) is 0. The summed E-state index contributed by atoms with van der Waals surface area (Å²) in [6, 6.07) is 0. The number of thioether (sulfide) groups is 1. The molecule has 21 heavy (non-hydrogen) atoms. The summed E-state index contributed by atoms with van der Waals surface area (Å²) in [6.07, 6.45) is 2.16. The largest absolute Gasteiger partial charge is 0.282 e. The van der Waals surface area contributed by atoms with Crippen molar-refractivity contribution in [1.29, 1.82) is 0 Å². The molecule has 2 heterocycles. The van der Waals surface area contributed by atoms with Crippen LogP contribution in [0, 0.1) is 0 Å². The van der Waals surface area contributed by atoms with Crippen LogP contribution in [0.5, 0.6) is 0 Å². The first-order valence-corrected chi connectivity index (χ1v) is 8.55. The number of nitrogens with zero attached hydrogens (tertiary/aromatic N) is 2. The van der Waals surface area contributed by atoms with E-state index in [-0.39, 0.29) is 55.1 Å². The van der Waals surface area contributed by atoms with Crippen LogP contribution in [-0.2, 0) is 19.2 Å². The zero-order chi connectivity index (χ0) is 15.6. The van der Waals surface area contributed by atoms with Gasteiger partial charge in [0.15, 0.2) is 0 Å². The number of likely N-dealkylation sites (tertiary alicyclic amines) is 2. The number of hydrogen-bond acceptors (Lipinski definition) is 6. The van der Waals surface area contributed by atoms with Crippen molar-refractivity contribution in [3.63, 3.8) is 0 Å². The number of amides is 4. The van der Waals surface area contributed by atoms with E-state index in [1.54, 1.807) is 6.26 Å². The average Bonchev–Trinajstić information content (AvgIpc) is 2.89. The van der Waals surface area contributed by atoms with Crippen molar-refractivity contribution in [2.75, 3.05) is 19.3 Å². The molecule has 0 bridgehead atoms. The van der Waals surface area contributed by atoms with Crippen LogP contribution in [0.3, 0.4) is 0 Å². The first kappa shape index (κ1) is 16.3. The second-order valence-corrected chi connectivity index (χ2v) is 6.62. The topological polar surface area (TPSA) is 74.8 Å². The van der Waals surface area contributed by atoms with Gasteiger partial charge in [0.05, 0.1) is 23.8 Å². The second-order valence-electron chi connectivity index (χ2n) is 4.83. The van der Waals surface area contributed by atoms with E-state index in [9.17, 15) is 23.1 Å². The van der Waals surface area contributed by atoms with E-state index in [4.69, 9.17) is 0 Å². The molecule has 2 atom stereocenters. The van der Waals surface area contributed by atoms with Gasteiger partial charge in [0.1, 0.15) is 5.25 Å². The van der Waals surface area contributed by atoms with Gasteiger partial charge in [-0.15, -0.1) is 0 Å². The number of hydrogen-bond donors (Lipinski definition) is 0. The Balaban J connectivity index is 1.85. The van der Waals surface area contributed by atoms with Gasteiger partial charge in [-0.25, -0.2) is 0 Å². The first-order chi connectivity index (χ1) is 9.99. The Kier molecular flexibility index (Phi) is 5.26. The maximum atomic E-state index is 12.5.